The molecule has 0 amide bonds. The topological polar surface area (TPSA) is 48.4 Å². The molecule has 7 heteroatoms. The van der Waals surface area contributed by atoms with Gasteiger partial charge in [-0.3, -0.25) is 9.88 Å². The number of halogens is 3. The van der Waals surface area contributed by atoms with Crippen LogP contribution in [0.4, 0.5) is 4.39 Å². The van der Waals surface area contributed by atoms with Crippen LogP contribution in [-0.4, -0.2) is 40.2 Å². The summed E-state index contributed by atoms with van der Waals surface area (Å²) in [6, 6.07) is 12.5. The number of likely N-dealkylation sites (tertiary alicyclic amines) is 1. The summed E-state index contributed by atoms with van der Waals surface area (Å²) in [5.74, 6) is -0.213. The zero-order chi connectivity index (χ0) is 16.1. The van der Waals surface area contributed by atoms with E-state index >= 15 is 0 Å². The molecular formula is C18H24Cl2FN3O. The highest BCUT2D eigenvalue weighted by molar-refractivity contribution is 5.85. The predicted octanol–water partition coefficient (Wildman–Crippen LogP) is 2.79. The van der Waals surface area contributed by atoms with E-state index in [9.17, 15) is 9.50 Å². The average Bonchev–Trinajstić information content (AvgIpc) is 2.55. The van der Waals surface area contributed by atoms with Crippen LogP contribution in [0.25, 0.3) is 0 Å². The van der Waals surface area contributed by atoms with Crippen LogP contribution in [0.2, 0.25) is 0 Å². The summed E-state index contributed by atoms with van der Waals surface area (Å²) in [5, 5.41) is 13.7. The first-order valence-corrected chi connectivity index (χ1v) is 7.99. The number of piperidine rings is 1. The van der Waals surface area contributed by atoms with Crippen LogP contribution in [0.1, 0.15) is 17.7 Å². The zero-order valence-electron chi connectivity index (χ0n) is 13.8. The summed E-state index contributed by atoms with van der Waals surface area (Å²) in [6.45, 7) is 2.80. The van der Waals surface area contributed by atoms with Crippen LogP contribution in [0.15, 0.2) is 48.7 Å². The standard InChI is InChI=1S/C18H22FN3O.2ClH/c19-15-5-3-4-14(10-15)12-22-9-7-17(18(23)13-22)21-11-16-6-1-2-8-20-16;;/h1-6,8,10,17-18,21,23H,7,9,11-13H2;2*1H/t17-,18-;;/m1../s1. The molecule has 0 radical (unpaired) electrons. The maximum absolute atomic E-state index is 13.2. The second-order valence-electron chi connectivity index (χ2n) is 6.03. The number of aliphatic hydroxyl groups is 1. The number of aromatic nitrogens is 1. The van der Waals surface area contributed by atoms with Crippen molar-refractivity contribution in [2.75, 3.05) is 13.1 Å². The molecule has 2 atom stereocenters. The number of nitrogens with zero attached hydrogens (tertiary/aromatic N) is 2. The van der Waals surface area contributed by atoms with E-state index in [-0.39, 0.29) is 36.7 Å². The van der Waals surface area contributed by atoms with Crippen molar-refractivity contribution < 1.29 is 9.50 Å². The molecule has 0 bridgehead atoms. The highest BCUT2D eigenvalue weighted by Crippen LogP contribution is 2.15. The fourth-order valence-electron chi connectivity index (χ4n) is 3.01. The Morgan fingerprint density at radius 3 is 2.72 bits per heavy atom. The molecule has 0 saturated carbocycles. The van der Waals surface area contributed by atoms with E-state index < -0.39 is 6.10 Å². The normalized spacial score (nSPS) is 20.4. The quantitative estimate of drug-likeness (QED) is 0.827. The second-order valence-corrected chi connectivity index (χ2v) is 6.03. The highest BCUT2D eigenvalue weighted by Gasteiger charge is 2.27. The molecule has 0 aliphatic carbocycles. The van der Waals surface area contributed by atoms with Crippen molar-refractivity contribution in [3.63, 3.8) is 0 Å². The minimum Gasteiger partial charge on any atom is -0.390 e. The molecule has 3 rings (SSSR count). The molecule has 1 aromatic carbocycles. The zero-order valence-corrected chi connectivity index (χ0v) is 15.5. The van der Waals surface area contributed by atoms with E-state index in [1.54, 1.807) is 18.3 Å². The Bertz CT molecular complexity index is 633. The molecule has 4 nitrogen and oxygen atoms in total. The molecular weight excluding hydrogens is 364 g/mol. The average molecular weight is 388 g/mol. The lowest BCUT2D eigenvalue weighted by Gasteiger charge is -2.36. The smallest absolute Gasteiger partial charge is 0.123 e. The van der Waals surface area contributed by atoms with Gasteiger partial charge in [0.25, 0.3) is 0 Å². The summed E-state index contributed by atoms with van der Waals surface area (Å²) < 4.78 is 13.2. The number of aliphatic hydroxyl groups excluding tert-OH is 1. The minimum atomic E-state index is -0.430. The fourth-order valence-corrected chi connectivity index (χ4v) is 3.01. The van der Waals surface area contributed by atoms with E-state index in [2.05, 4.69) is 15.2 Å². The Kier molecular flexibility index (Phi) is 9.32. The molecule has 1 fully saturated rings. The molecule has 0 unspecified atom stereocenters. The summed E-state index contributed by atoms with van der Waals surface area (Å²) in [6.07, 6.45) is 2.21. The van der Waals surface area contributed by atoms with Crippen LogP contribution in [0.3, 0.4) is 0 Å². The third-order valence-corrected chi connectivity index (χ3v) is 4.23. The van der Waals surface area contributed by atoms with E-state index in [1.165, 1.54) is 6.07 Å². The Balaban J connectivity index is 0.00000156. The van der Waals surface area contributed by atoms with Gasteiger partial charge in [0.1, 0.15) is 5.82 Å². The fraction of sp³-hybridized carbons (Fsp3) is 0.389. The van der Waals surface area contributed by atoms with Crippen LogP contribution in [0.5, 0.6) is 0 Å². The van der Waals surface area contributed by atoms with Crippen molar-refractivity contribution in [3.05, 3.63) is 65.7 Å². The van der Waals surface area contributed by atoms with Gasteiger partial charge in [-0.1, -0.05) is 18.2 Å². The van der Waals surface area contributed by atoms with Gasteiger partial charge in [-0.05, 0) is 36.2 Å². The van der Waals surface area contributed by atoms with Gasteiger partial charge in [0.15, 0.2) is 0 Å². The Labute approximate surface area is 160 Å². The van der Waals surface area contributed by atoms with Gasteiger partial charge in [0, 0.05) is 38.4 Å². The van der Waals surface area contributed by atoms with Gasteiger partial charge in [-0.25, -0.2) is 4.39 Å². The molecule has 2 heterocycles. The first-order chi connectivity index (χ1) is 11.2. The van der Waals surface area contributed by atoms with Gasteiger partial charge < -0.3 is 10.4 Å². The number of hydrogen-bond donors (Lipinski definition) is 2. The maximum Gasteiger partial charge on any atom is 0.123 e. The van der Waals surface area contributed by atoms with Crippen LogP contribution >= 0.6 is 24.8 Å². The predicted molar refractivity (Wildman–Crippen MR) is 102 cm³/mol. The second kappa shape index (κ2) is 10.7. The van der Waals surface area contributed by atoms with E-state index in [1.807, 2.05) is 24.3 Å². The molecule has 138 valence electrons. The molecule has 25 heavy (non-hydrogen) atoms. The molecule has 1 aliphatic heterocycles. The summed E-state index contributed by atoms with van der Waals surface area (Å²) >= 11 is 0. The third kappa shape index (κ3) is 6.53. The lowest BCUT2D eigenvalue weighted by atomic mass is 10.0. The molecule has 0 spiro atoms. The number of β-amino-alcohol motifs (C(OH)–C–C–N with tert-alkyl or cyclic N) is 1. The van der Waals surface area contributed by atoms with Crippen molar-refractivity contribution in [1.29, 1.82) is 0 Å². The number of rotatable bonds is 5. The highest BCUT2D eigenvalue weighted by atomic mass is 35.5. The molecule has 1 saturated heterocycles. The molecule has 1 aliphatic rings. The largest absolute Gasteiger partial charge is 0.390 e. The number of nitrogens with one attached hydrogen (secondary N) is 1. The minimum absolute atomic E-state index is 0. The third-order valence-electron chi connectivity index (χ3n) is 4.23. The van der Waals surface area contributed by atoms with Gasteiger partial charge in [0.2, 0.25) is 0 Å². The van der Waals surface area contributed by atoms with E-state index in [4.69, 9.17) is 0 Å². The first-order valence-electron chi connectivity index (χ1n) is 7.99. The first kappa shape index (κ1) is 21.8. The van der Waals surface area contributed by atoms with Gasteiger partial charge in [0.05, 0.1) is 11.8 Å². The summed E-state index contributed by atoms with van der Waals surface area (Å²) in [4.78, 5) is 6.44. The number of benzene rings is 1. The Hall–Kier alpha value is -1.24. The van der Waals surface area contributed by atoms with Crippen molar-refractivity contribution in [1.82, 2.24) is 15.2 Å². The van der Waals surface area contributed by atoms with Gasteiger partial charge in [-0.15, -0.1) is 24.8 Å². The van der Waals surface area contributed by atoms with Crippen molar-refractivity contribution in [2.24, 2.45) is 0 Å². The van der Waals surface area contributed by atoms with Crippen molar-refractivity contribution >= 4 is 24.8 Å². The van der Waals surface area contributed by atoms with E-state index in [0.29, 0.717) is 19.6 Å². The summed E-state index contributed by atoms with van der Waals surface area (Å²) in [7, 11) is 0. The molecule has 2 N–H and O–H groups in total. The van der Waals surface area contributed by atoms with E-state index in [0.717, 1.165) is 24.2 Å². The molecule has 2 aromatic rings. The van der Waals surface area contributed by atoms with Crippen molar-refractivity contribution in [2.45, 2.75) is 31.7 Å². The van der Waals surface area contributed by atoms with Crippen LogP contribution in [-0.2, 0) is 13.1 Å². The van der Waals surface area contributed by atoms with Gasteiger partial charge in [-0.2, -0.15) is 0 Å². The van der Waals surface area contributed by atoms with Crippen molar-refractivity contribution in [3.8, 4) is 0 Å². The molecule has 1 aromatic heterocycles. The van der Waals surface area contributed by atoms with Crippen LogP contribution < -0.4 is 5.32 Å². The van der Waals surface area contributed by atoms with Crippen LogP contribution in [0, 0.1) is 5.82 Å². The van der Waals surface area contributed by atoms with Gasteiger partial charge >= 0.3 is 0 Å². The Morgan fingerprint density at radius 1 is 1.20 bits per heavy atom. The Morgan fingerprint density at radius 2 is 2.04 bits per heavy atom. The number of hydrogen-bond acceptors (Lipinski definition) is 4. The number of pyridine rings is 1. The summed E-state index contributed by atoms with van der Waals surface area (Å²) in [5.41, 5.74) is 1.92. The monoisotopic (exact) mass is 387 g/mol. The lowest BCUT2D eigenvalue weighted by molar-refractivity contribution is 0.0364. The maximum atomic E-state index is 13.2. The SMILES string of the molecule is Cl.Cl.O[C@@H]1CN(Cc2cccc(F)c2)CC[C@H]1NCc1ccccn1. The lowest BCUT2D eigenvalue weighted by Crippen LogP contribution is -2.52.